The van der Waals surface area contributed by atoms with Crippen molar-refractivity contribution in [2.24, 2.45) is 0 Å². The average Bonchev–Trinajstić information content (AvgIpc) is 2.77. The Balaban J connectivity index is 1.48. The van der Waals surface area contributed by atoms with Gasteiger partial charge in [0.05, 0.1) is 0 Å². The summed E-state index contributed by atoms with van der Waals surface area (Å²) in [6.45, 7) is 5.28. The lowest BCUT2D eigenvalue weighted by molar-refractivity contribution is 0.578. The van der Waals surface area contributed by atoms with E-state index in [0.717, 1.165) is 36.8 Å². The molecule has 5 nitrogen and oxygen atoms in total. The third-order valence-corrected chi connectivity index (χ3v) is 5.15. The second-order valence-corrected chi connectivity index (χ2v) is 7.04. The molecule has 144 valence electrons. The van der Waals surface area contributed by atoms with Crippen molar-refractivity contribution < 1.29 is 0 Å². The van der Waals surface area contributed by atoms with Gasteiger partial charge in [0.25, 0.3) is 0 Å². The minimum atomic E-state index is 0.609. The summed E-state index contributed by atoms with van der Waals surface area (Å²) in [5, 5.41) is 3.34. The molecule has 2 aromatic carbocycles. The van der Waals surface area contributed by atoms with Crippen molar-refractivity contribution in [2.75, 3.05) is 34.8 Å². The van der Waals surface area contributed by atoms with Crippen LogP contribution in [0.15, 0.2) is 66.9 Å². The third-order valence-electron chi connectivity index (χ3n) is 5.15. The number of para-hydroxylation sites is 1. The molecule has 4 rings (SSSR count). The lowest BCUT2D eigenvalue weighted by Crippen LogP contribution is -2.29. The molecule has 1 aliphatic heterocycles. The molecule has 2 heterocycles. The first-order valence-corrected chi connectivity index (χ1v) is 10.1. The number of nitrogens with one attached hydrogen (secondary N) is 1. The zero-order chi connectivity index (χ0) is 19.2. The topological polar surface area (TPSA) is 44.3 Å². The van der Waals surface area contributed by atoms with E-state index in [1.54, 1.807) is 6.20 Å². The van der Waals surface area contributed by atoms with E-state index >= 15 is 0 Å². The molecule has 1 saturated heterocycles. The maximum Gasteiger partial charge on any atom is 0.229 e. The second-order valence-electron chi connectivity index (χ2n) is 7.04. The summed E-state index contributed by atoms with van der Waals surface area (Å²) in [5.74, 6) is 1.49. The van der Waals surface area contributed by atoms with Crippen LogP contribution >= 0.6 is 0 Å². The SMILES string of the molecule is CCN(c1ccccc1)c1ccnc(Nc2ccc(N3CCCCC3)cc2)n1. The van der Waals surface area contributed by atoms with Crippen molar-refractivity contribution in [1.82, 2.24) is 9.97 Å². The van der Waals surface area contributed by atoms with Gasteiger partial charge in [0, 0.05) is 42.9 Å². The molecule has 0 unspecified atom stereocenters. The zero-order valence-electron chi connectivity index (χ0n) is 16.4. The molecule has 0 spiro atoms. The molecule has 0 aliphatic carbocycles. The van der Waals surface area contributed by atoms with Gasteiger partial charge in [0.15, 0.2) is 0 Å². The van der Waals surface area contributed by atoms with E-state index in [2.05, 4.69) is 63.4 Å². The van der Waals surface area contributed by atoms with Crippen LogP contribution in [0.3, 0.4) is 0 Å². The highest BCUT2D eigenvalue weighted by molar-refractivity contribution is 5.63. The monoisotopic (exact) mass is 373 g/mol. The minimum Gasteiger partial charge on any atom is -0.372 e. The number of aromatic nitrogens is 2. The summed E-state index contributed by atoms with van der Waals surface area (Å²) < 4.78 is 0. The number of nitrogens with zero attached hydrogens (tertiary/aromatic N) is 4. The molecule has 28 heavy (non-hydrogen) atoms. The van der Waals surface area contributed by atoms with Gasteiger partial charge >= 0.3 is 0 Å². The quantitative estimate of drug-likeness (QED) is 0.629. The second kappa shape index (κ2) is 8.74. The van der Waals surface area contributed by atoms with E-state index in [-0.39, 0.29) is 0 Å². The molecule has 1 fully saturated rings. The number of anilines is 5. The molecule has 3 aromatic rings. The molecule has 0 saturated carbocycles. The molecule has 1 N–H and O–H groups in total. The highest BCUT2D eigenvalue weighted by Gasteiger charge is 2.12. The van der Waals surface area contributed by atoms with Crippen LogP contribution in [-0.4, -0.2) is 29.6 Å². The van der Waals surface area contributed by atoms with Crippen molar-refractivity contribution >= 4 is 28.8 Å². The highest BCUT2D eigenvalue weighted by atomic mass is 15.2. The van der Waals surface area contributed by atoms with Gasteiger partial charge in [0.1, 0.15) is 5.82 Å². The van der Waals surface area contributed by atoms with Crippen LogP contribution in [0.1, 0.15) is 26.2 Å². The number of benzene rings is 2. The number of hydrogen-bond donors (Lipinski definition) is 1. The van der Waals surface area contributed by atoms with E-state index in [4.69, 9.17) is 4.98 Å². The number of hydrogen-bond acceptors (Lipinski definition) is 5. The summed E-state index contributed by atoms with van der Waals surface area (Å²) in [5.41, 5.74) is 3.42. The molecule has 1 aromatic heterocycles. The Bertz CT molecular complexity index is 873. The highest BCUT2D eigenvalue weighted by Crippen LogP contribution is 2.25. The summed E-state index contributed by atoms with van der Waals surface area (Å²) in [6, 6.07) is 20.8. The van der Waals surface area contributed by atoms with Crippen LogP contribution < -0.4 is 15.1 Å². The maximum absolute atomic E-state index is 4.72. The Labute approximate surface area is 167 Å². The first-order chi connectivity index (χ1) is 13.8. The fourth-order valence-corrected chi connectivity index (χ4v) is 3.68. The van der Waals surface area contributed by atoms with Crippen molar-refractivity contribution in [2.45, 2.75) is 26.2 Å². The van der Waals surface area contributed by atoms with Gasteiger partial charge in [-0.25, -0.2) is 4.98 Å². The summed E-state index contributed by atoms with van der Waals surface area (Å²) in [4.78, 5) is 13.8. The number of piperidine rings is 1. The van der Waals surface area contributed by atoms with Gasteiger partial charge in [-0.1, -0.05) is 18.2 Å². The maximum atomic E-state index is 4.72. The van der Waals surface area contributed by atoms with Crippen molar-refractivity contribution in [3.63, 3.8) is 0 Å². The van der Waals surface area contributed by atoms with Gasteiger partial charge in [-0.15, -0.1) is 0 Å². The van der Waals surface area contributed by atoms with Crippen molar-refractivity contribution in [1.29, 1.82) is 0 Å². The smallest absolute Gasteiger partial charge is 0.229 e. The van der Waals surface area contributed by atoms with Crippen LogP contribution in [0.5, 0.6) is 0 Å². The standard InChI is InChI=1S/C23H27N5/c1-2-28(21-9-5-3-6-10-21)22-15-16-24-23(26-22)25-19-11-13-20(14-12-19)27-17-7-4-8-18-27/h3,5-6,9-16H,2,4,7-8,17-18H2,1H3,(H,24,25,26). The molecule has 0 bridgehead atoms. The van der Waals surface area contributed by atoms with E-state index in [1.165, 1.54) is 24.9 Å². The van der Waals surface area contributed by atoms with Crippen molar-refractivity contribution in [3.05, 3.63) is 66.9 Å². The van der Waals surface area contributed by atoms with Crippen LogP contribution in [-0.2, 0) is 0 Å². The zero-order valence-corrected chi connectivity index (χ0v) is 16.4. The first kappa shape index (κ1) is 18.3. The van der Waals surface area contributed by atoms with E-state index in [1.807, 2.05) is 24.3 Å². The average molecular weight is 374 g/mol. The Morgan fingerprint density at radius 3 is 2.39 bits per heavy atom. The van der Waals surface area contributed by atoms with Crippen molar-refractivity contribution in [3.8, 4) is 0 Å². The summed E-state index contributed by atoms with van der Waals surface area (Å²) >= 11 is 0. The molecular formula is C23H27N5. The van der Waals surface area contributed by atoms with Gasteiger partial charge < -0.3 is 15.1 Å². The lowest BCUT2D eigenvalue weighted by Gasteiger charge is -2.28. The predicted molar refractivity (Wildman–Crippen MR) is 117 cm³/mol. The van der Waals surface area contributed by atoms with Crippen LogP contribution in [0.2, 0.25) is 0 Å². The lowest BCUT2D eigenvalue weighted by atomic mass is 10.1. The Kier molecular flexibility index (Phi) is 5.71. The predicted octanol–water partition coefficient (Wildman–Crippen LogP) is 5.37. The van der Waals surface area contributed by atoms with Crippen LogP contribution in [0, 0.1) is 0 Å². The van der Waals surface area contributed by atoms with Crippen LogP contribution in [0.25, 0.3) is 0 Å². The Morgan fingerprint density at radius 1 is 0.929 bits per heavy atom. The summed E-state index contributed by atoms with van der Waals surface area (Å²) in [6.07, 6.45) is 5.73. The Hall–Kier alpha value is -3.08. The molecule has 0 radical (unpaired) electrons. The molecule has 0 atom stereocenters. The minimum absolute atomic E-state index is 0.609. The van der Waals surface area contributed by atoms with Crippen LogP contribution in [0.4, 0.5) is 28.8 Å². The molecule has 5 heteroatoms. The molecule has 1 aliphatic rings. The third kappa shape index (κ3) is 4.25. The Morgan fingerprint density at radius 2 is 1.68 bits per heavy atom. The van der Waals surface area contributed by atoms with Gasteiger partial charge in [-0.3, -0.25) is 0 Å². The normalized spacial score (nSPS) is 14.0. The molecular weight excluding hydrogens is 346 g/mol. The van der Waals surface area contributed by atoms with E-state index in [9.17, 15) is 0 Å². The van der Waals surface area contributed by atoms with E-state index < -0.39 is 0 Å². The number of rotatable bonds is 6. The van der Waals surface area contributed by atoms with E-state index in [0.29, 0.717) is 5.95 Å². The summed E-state index contributed by atoms with van der Waals surface area (Å²) in [7, 11) is 0. The largest absolute Gasteiger partial charge is 0.372 e. The molecule has 0 amide bonds. The fraction of sp³-hybridized carbons (Fsp3) is 0.304. The van der Waals surface area contributed by atoms with Gasteiger partial charge in [-0.05, 0) is 68.7 Å². The fourth-order valence-electron chi connectivity index (χ4n) is 3.68. The first-order valence-electron chi connectivity index (χ1n) is 10.1. The van der Waals surface area contributed by atoms with Gasteiger partial charge in [0.2, 0.25) is 5.95 Å². The van der Waals surface area contributed by atoms with Gasteiger partial charge in [-0.2, -0.15) is 4.98 Å².